The summed E-state index contributed by atoms with van der Waals surface area (Å²) in [6.45, 7) is 2.10. The van der Waals surface area contributed by atoms with Gasteiger partial charge in [0, 0.05) is 23.7 Å². The summed E-state index contributed by atoms with van der Waals surface area (Å²) >= 11 is 0. The van der Waals surface area contributed by atoms with Crippen LogP contribution in [0.1, 0.15) is 28.8 Å². The highest BCUT2D eigenvalue weighted by atomic mass is 16.6. The Morgan fingerprint density at radius 2 is 2.32 bits per heavy atom. The number of hydrogen-bond acceptors (Lipinski definition) is 4. The van der Waals surface area contributed by atoms with E-state index in [1.54, 1.807) is 17.9 Å². The average Bonchev–Trinajstić information content (AvgIpc) is 2.86. The van der Waals surface area contributed by atoms with Gasteiger partial charge in [0.05, 0.1) is 17.6 Å². The smallest absolute Gasteiger partial charge is 0.273 e. The van der Waals surface area contributed by atoms with E-state index in [2.05, 4.69) is 0 Å². The maximum absolute atomic E-state index is 12.4. The number of likely N-dealkylation sites (tertiary alicyclic amines) is 1. The Kier molecular flexibility index (Phi) is 3.80. The van der Waals surface area contributed by atoms with Crippen LogP contribution in [0.3, 0.4) is 0 Å². The molecule has 1 saturated heterocycles. The van der Waals surface area contributed by atoms with Gasteiger partial charge in [0.15, 0.2) is 0 Å². The molecule has 1 aliphatic heterocycles. The molecule has 102 valence electrons. The Morgan fingerprint density at radius 1 is 1.58 bits per heavy atom. The highest BCUT2D eigenvalue weighted by Gasteiger charge is 2.30. The zero-order chi connectivity index (χ0) is 14.0. The minimum absolute atomic E-state index is 0.0504. The second-order valence-electron chi connectivity index (χ2n) is 4.68. The second-order valence-corrected chi connectivity index (χ2v) is 4.68. The maximum Gasteiger partial charge on any atom is 0.273 e. The van der Waals surface area contributed by atoms with Crippen molar-refractivity contribution >= 4 is 11.6 Å². The van der Waals surface area contributed by atoms with Crippen molar-refractivity contribution < 1.29 is 14.8 Å². The fraction of sp³-hybridized carbons (Fsp3) is 0.462. The Hall–Kier alpha value is -1.95. The lowest BCUT2D eigenvalue weighted by molar-refractivity contribution is -0.385. The van der Waals surface area contributed by atoms with Gasteiger partial charge < -0.3 is 10.0 Å². The summed E-state index contributed by atoms with van der Waals surface area (Å²) in [6, 6.07) is 4.32. The van der Waals surface area contributed by atoms with E-state index < -0.39 is 4.92 Å². The number of aliphatic hydroxyl groups is 1. The third kappa shape index (κ3) is 2.44. The number of nitro groups is 1. The highest BCUT2D eigenvalue weighted by Crippen LogP contribution is 2.25. The molecule has 0 bridgehead atoms. The van der Waals surface area contributed by atoms with E-state index >= 15 is 0 Å². The minimum atomic E-state index is -0.486. The lowest BCUT2D eigenvalue weighted by Gasteiger charge is -2.23. The van der Waals surface area contributed by atoms with Gasteiger partial charge in [-0.3, -0.25) is 14.9 Å². The predicted octanol–water partition coefficient (Wildman–Crippen LogP) is 1.50. The van der Waals surface area contributed by atoms with Gasteiger partial charge >= 0.3 is 0 Å². The van der Waals surface area contributed by atoms with Gasteiger partial charge in [-0.15, -0.1) is 0 Å². The summed E-state index contributed by atoms with van der Waals surface area (Å²) in [7, 11) is 0. The van der Waals surface area contributed by atoms with E-state index in [-0.39, 0.29) is 24.2 Å². The van der Waals surface area contributed by atoms with E-state index in [4.69, 9.17) is 0 Å². The summed E-state index contributed by atoms with van der Waals surface area (Å²) in [5.41, 5.74) is 0.668. The largest absolute Gasteiger partial charge is 0.394 e. The van der Waals surface area contributed by atoms with E-state index in [9.17, 15) is 20.0 Å². The molecule has 1 aliphatic rings. The first-order chi connectivity index (χ1) is 9.06. The van der Waals surface area contributed by atoms with E-state index in [1.165, 1.54) is 12.1 Å². The van der Waals surface area contributed by atoms with Crippen LogP contribution in [0.2, 0.25) is 0 Å². The van der Waals surface area contributed by atoms with Crippen LogP contribution in [-0.2, 0) is 0 Å². The molecule has 1 amide bonds. The van der Waals surface area contributed by atoms with Gasteiger partial charge in [-0.05, 0) is 25.8 Å². The summed E-state index contributed by atoms with van der Waals surface area (Å²) < 4.78 is 0. The molecule has 1 heterocycles. The number of amides is 1. The summed E-state index contributed by atoms with van der Waals surface area (Å²) in [5.74, 6) is -0.238. The van der Waals surface area contributed by atoms with Gasteiger partial charge in [0.2, 0.25) is 0 Å². The SMILES string of the molecule is Cc1c(C(=O)N2CCC[C@H]2CO)cccc1[N+](=O)[O-]. The van der Waals surface area contributed by atoms with Crippen LogP contribution in [0.15, 0.2) is 18.2 Å². The number of nitro benzene ring substituents is 1. The molecule has 0 unspecified atom stereocenters. The molecule has 19 heavy (non-hydrogen) atoms. The second kappa shape index (κ2) is 5.36. The summed E-state index contributed by atoms with van der Waals surface area (Å²) in [4.78, 5) is 24.4. The number of benzene rings is 1. The van der Waals surface area contributed by atoms with Crippen LogP contribution in [-0.4, -0.2) is 40.0 Å². The topological polar surface area (TPSA) is 83.7 Å². The standard InChI is InChI=1S/C13H16N2O4/c1-9-11(5-2-6-12(9)15(18)19)13(17)14-7-3-4-10(14)8-16/h2,5-6,10,16H,3-4,7-8H2,1H3/t10-/m0/s1. The third-order valence-electron chi connectivity index (χ3n) is 3.58. The molecular formula is C13H16N2O4. The average molecular weight is 264 g/mol. The molecule has 0 saturated carbocycles. The van der Waals surface area contributed by atoms with E-state index in [0.717, 1.165) is 12.8 Å². The van der Waals surface area contributed by atoms with Crippen molar-refractivity contribution in [3.05, 3.63) is 39.4 Å². The molecule has 6 heteroatoms. The molecule has 1 fully saturated rings. The first kappa shape index (κ1) is 13.5. The van der Waals surface area contributed by atoms with Crippen LogP contribution in [0.5, 0.6) is 0 Å². The van der Waals surface area contributed by atoms with Crippen LogP contribution < -0.4 is 0 Å². The van der Waals surface area contributed by atoms with Gasteiger partial charge in [-0.2, -0.15) is 0 Å². The van der Waals surface area contributed by atoms with Crippen molar-refractivity contribution in [2.75, 3.05) is 13.2 Å². The van der Waals surface area contributed by atoms with E-state index in [1.807, 2.05) is 0 Å². The lowest BCUT2D eigenvalue weighted by Crippen LogP contribution is -2.38. The summed E-state index contributed by atoms with van der Waals surface area (Å²) in [6.07, 6.45) is 1.63. The van der Waals surface area contributed by atoms with Gasteiger partial charge in [0.25, 0.3) is 11.6 Å². The number of carbonyl (C=O) groups excluding carboxylic acids is 1. The fourth-order valence-corrected chi connectivity index (χ4v) is 2.50. The number of rotatable bonds is 3. The molecule has 1 aromatic carbocycles. The number of carbonyl (C=O) groups is 1. The monoisotopic (exact) mass is 264 g/mol. The Bertz CT molecular complexity index is 515. The van der Waals surface area contributed by atoms with Crippen molar-refractivity contribution in [2.45, 2.75) is 25.8 Å². The molecule has 0 spiro atoms. The van der Waals surface area contributed by atoms with Crippen LogP contribution in [0, 0.1) is 17.0 Å². The first-order valence-electron chi connectivity index (χ1n) is 6.22. The van der Waals surface area contributed by atoms with Crippen LogP contribution in [0.25, 0.3) is 0 Å². The summed E-state index contributed by atoms with van der Waals surface area (Å²) in [5, 5.41) is 20.1. The number of hydrogen-bond donors (Lipinski definition) is 1. The molecule has 2 rings (SSSR count). The van der Waals surface area contributed by atoms with Gasteiger partial charge in [-0.25, -0.2) is 0 Å². The normalized spacial score (nSPS) is 18.6. The van der Waals surface area contributed by atoms with Gasteiger partial charge in [0.1, 0.15) is 0 Å². The Balaban J connectivity index is 2.34. The minimum Gasteiger partial charge on any atom is -0.394 e. The zero-order valence-corrected chi connectivity index (χ0v) is 10.7. The molecule has 0 aromatic heterocycles. The van der Waals surface area contributed by atoms with E-state index in [0.29, 0.717) is 17.7 Å². The number of aliphatic hydroxyl groups excluding tert-OH is 1. The van der Waals surface area contributed by atoms with Crippen molar-refractivity contribution in [2.24, 2.45) is 0 Å². The van der Waals surface area contributed by atoms with Crippen molar-refractivity contribution in [3.63, 3.8) is 0 Å². The number of nitrogens with zero attached hydrogens (tertiary/aromatic N) is 2. The fourth-order valence-electron chi connectivity index (χ4n) is 2.50. The molecular weight excluding hydrogens is 248 g/mol. The predicted molar refractivity (Wildman–Crippen MR) is 69.0 cm³/mol. The van der Waals surface area contributed by atoms with Crippen molar-refractivity contribution in [1.82, 2.24) is 4.90 Å². The molecule has 0 aliphatic carbocycles. The zero-order valence-electron chi connectivity index (χ0n) is 10.7. The van der Waals surface area contributed by atoms with Crippen molar-refractivity contribution in [1.29, 1.82) is 0 Å². The van der Waals surface area contributed by atoms with Crippen molar-refractivity contribution in [3.8, 4) is 0 Å². The first-order valence-corrected chi connectivity index (χ1v) is 6.22. The van der Waals surface area contributed by atoms with Crippen LogP contribution in [0.4, 0.5) is 5.69 Å². The van der Waals surface area contributed by atoms with Gasteiger partial charge in [-0.1, -0.05) is 6.07 Å². The molecule has 1 N–H and O–H groups in total. The maximum atomic E-state index is 12.4. The lowest BCUT2D eigenvalue weighted by atomic mass is 10.1. The van der Waals surface area contributed by atoms with Crippen LogP contribution >= 0.6 is 0 Å². The third-order valence-corrected chi connectivity index (χ3v) is 3.58. The molecule has 6 nitrogen and oxygen atoms in total. The molecule has 1 aromatic rings. The molecule has 0 radical (unpaired) electrons. The quantitative estimate of drug-likeness (QED) is 0.662. The Morgan fingerprint density at radius 3 is 2.95 bits per heavy atom. The highest BCUT2D eigenvalue weighted by molar-refractivity contribution is 5.97. The Labute approximate surface area is 110 Å². The molecule has 1 atom stereocenters.